The van der Waals surface area contributed by atoms with Crippen LogP contribution in [0, 0.1) is 13.8 Å². The number of nitrogens with two attached hydrogens (primary N) is 1. The second kappa shape index (κ2) is 3.91. The summed E-state index contributed by atoms with van der Waals surface area (Å²) >= 11 is 0. The second-order valence-electron chi connectivity index (χ2n) is 4.63. The van der Waals surface area contributed by atoms with Crippen molar-refractivity contribution in [3.8, 4) is 0 Å². The van der Waals surface area contributed by atoms with Crippen LogP contribution in [0.15, 0.2) is 16.5 Å². The third kappa shape index (κ3) is 1.83. The molecule has 2 unspecified atom stereocenters. The fourth-order valence-electron chi connectivity index (χ4n) is 1.81. The first-order valence-electron chi connectivity index (χ1n) is 5.62. The van der Waals surface area contributed by atoms with Crippen LogP contribution in [0.4, 0.5) is 0 Å². The monoisotopic (exact) mass is 218 g/mol. The van der Waals surface area contributed by atoms with Crippen molar-refractivity contribution in [3.63, 3.8) is 0 Å². The van der Waals surface area contributed by atoms with E-state index in [1.807, 2.05) is 26.8 Å². The van der Waals surface area contributed by atoms with Gasteiger partial charge >= 0.3 is 0 Å². The van der Waals surface area contributed by atoms with Gasteiger partial charge in [0.15, 0.2) is 11.5 Å². The maximum absolute atomic E-state index is 5.86. The quantitative estimate of drug-likeness (QED) is 0.843. The normalized spacial score (nSPS) is 15.3. The summed E-state index contributed by atoms with van der Waals surface area (Å²) in [5.74, 6) is 0.880. The molecule has 0 spiro atoms. The van der Waals surface area contributed by atoms with Crippen LogP contribution in [0.3, 0.4) is 0 Å². The highest BCUT2D eigenvalue weighted by atomic mass is 16.3. The van der Waals surface area contributed by atoms with Crippen LogP contribution in [-0.4, -0.2) is 11.0 Å². The van der Waals surface area contributed by atoms with Gasteiger partial charge in [-0.3, -0.25) is 0 Å². The third-order valence-electron chi connectivity index (χ3n) is 3.01. The Morgan fingerprint density at radius 3 is 2.56 bits per heavy atom. The molecule has 0 radical (unpaired) electrons. The molecule has 1 aromatic heterocycles. The van der Waals surface area contributed by atoms with E-state index >= 15 is 0 Å². The predicted molar refractivity (Wildman–Crippen MR) is 65.5 cm³/mol. The molecule has 16 heavy (non-hydrogen) atoms. The molecule has 0 aliphatic rings. The molecule has 0 amide bonds. The van der Waals surface area contributed by atoms with Crippen molar-refractivity contribution in [2.24, 2.45) is 5.73 Å². The molecule has 2 atom stereocenters. The van der Waals surface area contributed by atoms with E-state index in [4.69, 9.17) is 10.2 Å². The molecule has 3 heteroatoms. The number of oxazole rings is 1. The van der Waals surface area contributed by atoms with Gasteiger partial charge in [-0.15, -0.1) is 0 Å². The smallest absolute Gasteiger partial charge is 0.199 e. The lowest BCUT2D eigenvalue weighted by Crippen LogP contribution is -2.22. The second-order valence-corrected chi connectivity index (χ2v) is 4.63. The topological polar surface area (TPSA) is 52.0 Å². The fraction of sp³-hybridized carbons (Fsp3) is 0.462. The van der Waals surface area contributed by atoms with Crippen molar-refractivity contribution < 1.29 is 4.42 Å². The molecule has 0 aliphatic carbocycles. The summed E-state index contributed by atoms with van der Waals surface area (Å²) in [5, 5.41) is 0. The Kier molecular flexibility index (Phi) is 2.72. The summed E-state index contributed by atoms with van der Waals surface area (Å²) in [6, 6.07) is 4.20. The largest absolute Gasteiger partial charge is 0.440 e. The van der Waals surface area contributed by atoms with Gasteiger partial charge in [0.2, 0.25) is 0 Å². The highest BCUT2D eigenvalue weighted by molar-refractivity contribution is 5.77. The Hall–Kier alpha value is -1.35. The van der Waals surface area contributed by atoms with Crippen molar-refractivity contribution in [2.45, 2.75) is 39.7 Å². The van der Waals surface area contributed by atoms with Crippen LogP contribution in [0.5, 0.6) is 0 Å². The van der Waals surface area contributed by atoms with Gasteiger partial charge in [0, 0.05) is 12.0 Å². The van der Waals surface area contributed by atoms with Crippen LogP contribution in [0.25, 0.3) is 11.1 Å². The zero-order valence-corrected chi connectivity index (χ0v) is 10.2. The zero-order chi connectivity index (χ0) is 11.9. The lowest BCUT2D eigenvalue weighted by molar-refractivity contribution is 0.450. The van der Waals surface area contributed by atoms with Crippen LogP contribution in [0.1, 0.15) is 36.8 Å². The van der Waals surface area contributed by atoms with Crippen molar-refractivity contribution in [3.05, 3.63) is 29.2 Å². The van der Waals surface area contributed by atoms with Crippen LogP contribution >= 0.6 is 0 Å². The minimum atomic E-state index is 0.0504. The third-order valence-corrected chi connectivity index (χ3v) is 3.01. The Bertz CT molecular complexity index is 514. The Labute approximate surface area is 95.7 Å². The summed E-state index contributed by atoms with van der Waals surface area (Å²) in [4.78, 5) is 4.51. The number of nitrogens with zero attached hydrogens (tertiary/aromatic N) is 1. The molecular formula is C13H18N2O. The van der Waals surface area contributed by atoms with E-state index in [9.17, 15) is 0 Å². The minimum absolute atomic E-state index is 0.0504. The molecule has 2 rings (SSSR count). The summed E-state index contributed by atoms with van der Waals surface area (Å²) in [5.41, 5.74) is 10.0. The SMILES string of the molecule is Cc1cc(C)c2oc(C(C)C(C)N)nc2c1. The number of benzene rings is 1. The minimum Gasteiger partial charge on any atom is -0.440 e. The Morgan fingerprint density at radius 1 is 1.25 bits per heavy atom. The lowest BCUT2D eigenvalue weighted by atomic mass is 10.1. The number of aromatic nitrogens is 1. The standard InChI is InChI=1S/C13H18N2O/c1-7-5-8(2)12-11(6-7)15-13(16-12)9(3)10(4)14/h5-6,9-10H,14H2,1-4H3. The molecular weight excluding hydrogens is 200 g/mol. The molecule has 1 aromatic carbocycles. The molecule has 0 aliphatic heterocycles. The zero-order valence-electron chi connectivity index (χ0n) is 10.2. The van der Waals surface area contributed by atoms with E-state index in [1.54, 1.807) is 0 Å². The van der Waals surface area contributed by atoms with Crippen LogP contribution in [-0.2, 0) is 0 Å². The van der Waals surface area contributed by atoms with Crippen molar-refractivity contribution in [1.82, 2.24) is 4.98 Å². The van der Waals surface area contributed by atoms with Crippen LogP contribution < -0.4 is 5.73 Å². The molecule has 0 saturated heterocycles. The summed E-state index contributed by atoms with van der Waals surface area (Å²) in [6.07, 6.45) is 0. The molecule has 0 bridgehead atoms. The van der Waals surface area contributed by atoms with E-state index in [2.05, 4.69) is 18.0 Å². The van der Waals surface area contributed by atoms with E-state index in [1.165, 1.54) is 5.56 Å². The molecule has 2 N–H and O–H groups in total. The molecule has 3 nitrogen and oxygen atoms in total. The van der Waals surface area contributed by atoms with Gasteiger partial charge in [0.25, 0.3) is 0 Å². The van der Waals surface area contributed by atoms with Gasteiger partial charge < -0.3 is 10.2 Å². The van der Waals surface area contributed by atoms with Gasteiger partial charge in [-0.2, -0.15) is 0 Å². The number of rotatable bonds is 2. The van der Waals surface area contributed by atoms with E-state index in [-0.39, 0.29) is 12.0 Å². The number of fused-ring (bicyclic) bond motifs is 1. The molecule has 0 saturated carbocycles. The molecule has 2 aromatic rings. The fourth-order valence-corrected chi connectivity index (χ4v) is 1.81. The van der Waals surface area contributed by atoms with E-state index in [0.29, 0.717) is 0 Å². The average Bonchev–Trinajstić information content (AvgIpc) is 2.60. The molecule has 1 heterocycles. The molecule has 86 valence electrons. The van der Waals surface area contributed by atoms with Gasteiger partial charge in [-0.05, 0) is 38.0 Å². The van der Waals surface area contributed by atoms with Crippen LogP contribution in [0.2, 0.25) is 0 Å². The predicted octanol–water partition coefficient (Wildman–Crippen LogP) is 2.90. The lowest BCUT2D eigenvalue weighted by Gasteiger charge is -2.10. The number of hydrogen-bond acceptors (Lipinski definition) is 3. The summed E-state index contributed by atoms with van der Waals surface area (Å²) in [7, 11) is 0. The summed E-state index contributed by atoms with van der Waals surface area (Å²) < 4.78 is 5.79. The maximum Gasteiger partial charge on any atom is 0.199 e. The highest BCUT2D eigenvalue weighted by Crippen LogP contribution is 2.26. The Morgan fingerprint density at radius 2 is 1.94 bits per heavy atom. The van der Waals surface area contributed by atoms with Gasteiger partial charge in [0.1, 0.15) is 5.52 Å². The molecule has 0 fully saturated rings. The van der Waals surface area contributed by atoms with Gasteiger partial charge in [0.05, 0.1) is 0 Å². The maximum atomic E-state index is 5.86. The highest BCUT2D eigenvalue weighted by Gasteiger charge is 2.17. The first-order valence-corrected chi connectivity index (χ1v) is 5.62. The van der Waals surface area contributed by atoms with Crippen molar-refractivity contribution in [2.75, 3.05) is 0 Å². The van der Waals surface area contributed by atoms with E-state index < -0.39 is 0 Å². The summed E-state index contributed by atoms with van der Waals surface area (Å²) in [6.45, 7) is 8.12. The van der Waals surface area contributed by atoms with Gasteiger partial charge in [-0.25, -0.2) is 4.98 Å². The first-order chi connectivity index (χ1) is 7.49. The average molecular weight is 218 g/mol. The first kappa shape index (κ1) is 11.1. The Balaban J connectivity index is 2.56. The van der Waals surface area contributed by atoms with Gasteiger partial charge in [-0.1, -0.05) is 13.0 Å². The number of hydrogen-bond donors (Lipinski definition) is 1. The van der Waals surface area contributed by atoms with Crippen molar-refractivity contribution >= 4 is 11.1 Å². The number of aryl methyl sites for hydroxylation is 2. The van der Waals surface area contributed by atoms with E-state index in [0.717, 1.165) is 22.6 Å². The van der Waals surface area contributed by atoms with Crippen molar-refractivity contribution in [1.29, 1.82) is 0 Å².